The van der Waals surface area contributed by atoms with Gasteiger partial charge in [-0.3, -0.25) is 10.9 Å². The van der Waals surface area contributed by atoms with Gasteiger partial charge >= 0.3 is 0 Å². The summed E-state index contributed by atoms with van der Waals surface area (Å²) >= 11 is 0. The molecule has 16 heavy (non-hydrogen) atoms. The minimum atomic E-state index is 0.430. The fourth-order valence-electron chi connectivity index (χ4n) is 2.14. The fourth-order valence-corrected chi connectivity index (χ4v) is 2.14. The van der Waals surface area contributed by atoms with E-state index in [4.69, 9.17) is 10.6 Å². The molecule has 6 heteroatoms. The standard InChI is InChI=1S/C10H21N5O/c11-13-10(12-9-3-1-2-4-9)14-15-5-7-16-8-6-15/h9H,1-8,11H2,(H2,12,13,14). The smallest absolute Gasteiger partial charge is 0.220 e. The summed E-state index contributed by atoms with van der Waals surface area (Å²) in [6.07, 6.45) is 4.92. The van der Waals surface area contributed by atoms with E-state index in [1.54, 1.807) is 0 Å². The van der Waals surface area contributed by atoms with Crippen molar-refractivity contribution in [1.29, 1.82) is 0 Å². The first-order valence-corrected chi connectivity index (χ1v) is 6.02. The van der Waals surface area contributed by atoms with Crippen LogP contribution in [0.2, 0.25) is 0 Å². The lowest BCUT2D eigenvalue weighted by atomic mass is 10.3. The van der Waals surface area contributed by atoms with E-state index in [0.29, 0.717) is 12.0 Å². The van der Waals surface area contributed by atoms with Crippen molar-refractivity contribution >= 4 is 5.96 Å². The average molecular weight is 227 g/mol. The maximum absolute atomic E-state index is 5.47. The Balaban J connectivity index is 1.83. The molecule has 0 aromatic rings. The van der Waals surface area contributed by atoms with Gasteiger partial charge < -0.3 is 4.74 Å². The highest BCUT2D eigenvalue weighted by molar-refractivity contribution is 5.78. The molecule has 0 aromatic carbocycles. The first kappa shape index (κ1) is 11.6. The molecule has 4 N–H and O–H groups in total. The van der Waals surface area contributed by atoms with Gasteiger partial charge in [-0.1, -0.05) is 12.8 Å². The van der Waals surface area contributed by atoms with Crippen molar-refractivity contribution in [1.82, 2.24) is 15.9 Å². The van der Waals surface area contributed by atoms with Crippen LogP contribution < -0.4 is 16.7 Å². The number of nitrogens with one attached hydrogen (secondary N) is 2. The zero-order valence-electron chi connectivity index (χ0n) is 9.61. The summed E-state index contributed by atoms with van der Waals surface area (Å²) in [5.41, 5.74) is 5.83. The molecule has 0 amide bonds. The van der Waals surface area contributed by atoms with Crippen LogP contribution in [0.1, 0.15) is 25.7 Å². The average Bonchev–Trinajstić information content (AvgIpc) is 2.82. The van der Waals surface area contributed by atoms with Crippen molar-refractivity contribution in [3.63, 3.8) is 0 Å². The number of rotatable bonds is 2. The topological polar surface area (TPSA) is 74.9 Å². The molecule has 6 nitrogen and oxygen atoms in total. The zero-order valence-corrected chi connectivity index (χ0v) is 9.61. The molecule has 0 spiro atoms. The van der Waals surface area contributed by atoms with Gasteiger partial charge in [-0.05, 0) is 12.8 Å². The van der Waals surface area contributed by atoms with E-state index in [-0.39, 0.29) is 0 Å². The highest BCUT2D eigenvalue weighted by Crippen LogP contribution is 2.20. The van der Waals surface area contributed by atoms with Crippen molar-refractivity contribution in [2.24, 2.45) is 10.8 Å². The lowest BCUT2D eigenvalue weighted by Gasteiger charge is -2.28. The maximum Gasteiger partial charge on any atom is 0.220 e. The van der Waals surface area contributed by atoms with Gasteiger partial charge in [0.2, 0.25) is 5.96 Å². The van der Waals surface area contributed by atoms with E-state index in [1.807, 2.05) is 0 Å². The van der Waals surface area contributed by atoms with Crippen LogP contribution in [0.5, 0.6) is 0 Å². The number of hydrazine groups is 2. The largest absolute Gasteiger partial charge is 0.379 e. The number of hydrogen-bond donors (Lipinski definition) is 3. The number of nitrogens with two attached hydrogens (primary N) is 1. The second-order valence-corrected chi connectivity index (χ2v) is 4.27. The third-order valence-electron chi connectivity index (χ3n) is 3.05. The van der Waals surface area contributed by atoms with Gasteiger partial charge in [-0.25, -0.2) is 15.8 Å². The highest BCUT2D eigenvalue weighted by Gasteiger charge is 2.16. The molecule has 1 saturated heterocycles. The van der Waals surface area contributed by atoms with Gasteiger partial charge in [0.05, 0.1) is 19.3 Å². The lowest BCUT2D eigenvalue weighted by molar-refractivity contribution is 0.0241. The minimum absolute atomic E-state index is 0.430. The summed E-state index contributed by atoms with van der Waals surface area (Å²) in [4.78, 5) is 4.58. The van der Waals surface area contributed by atoms with Crippen molar-refractivity contribution < 1.29 is 4.74 Å². The first-order valence-electron chi connectivity index (χ1n) is 6.02. The van der Waals surface area contributed by atoms with Crippen LogP contribution in [-0.2, 0) is 4.74 Å². The Hall–Kier alpha value is -0.850. The van der Waals surface area contributed by atoms with Gasteiger partial charge in [0.15, 0.2) is 0 Å². The van der Waals surface area contributed by atoms with Crippen molar-refractivity contribution in [2.75, 3.05) is 26.3 Å². The molecule has 1 aliphatic heterocycles. The van der Waals surface area contributed by atoms with Crippen LogP contribution in [0, 0.1) is 0 Å². The van der Waals surface area contributed by atoms with Gasteiger partial charge in [0, 0.05) is 13.1 Å². The number of aliphatic imine (C=N–C) groups is 1. The molecule has 0 radical (unpaired) electrons. The Labute approximate surface area is 96.2 Å². The summed E-state index contributed by atoms with van der Waals surface area (Å²) in [6.45, 7) is 3.25. The summed E-state index contributed by atoms with van der Waals surface area (Å²) < 4.78 is 5.28. The zero-order chi connectivity index (χ0) is 11.2. The number of hydrogen-bond acceptors (Lipinski definition) is 4. The van der Waals surface area contributed by atoms with Gasteiger partial charge in [0.1, 0.15) is 0 Å². The molecule has 2 rings (SSSR count). The van der Waals surface area contributed by atoms with Crippen LogP contribution in [0.4, 0.5) is 0 Å². The predicted molar refractivity (Wildman–Crippen MR) is 62.5 cm³/mol. The third-order valence-corrected chi connectivity index (χ3v) is 3.05. The minimum Gasteiger partial charge on any atom is -0.379 e. The molecule has 2 aliphatic rings. The van der Waals surface area contributed by atoms with Crippen LogP contribution >= 0.6 is 0 Å². The normalized spacial score (nSPS) is 24.7. The van der Waals surface area contributed by atoms with E-state index in [1.165, 1.54) is 25.7 Å². The second kappa shape index (κ2) is 6.03. The fraction of sp³-hybridized carbons (Fsp3) is 0.900. The molecule has 1 saturated carbocycles. The molecule has 0 unspecified atom stereocenters. The molecule has 0 aromatic heterocycles. The maximum atomic E-state index is 5.47. The van der Waals surface area contributed by atoms with Crippen LogP contribution in [0.25, 0.3) is 0 Å². The summed E-state index contributed by atoms with van der Waals surface area (Å²) in [7, 11) is 0. The quantitative estimate of drug-likeness (QED) is 0.259. The number of morpholine rings is 1. The van der Waals surface area contributed by atoms with Gasteiger partial charge in [-0.15, -0.1) is 0 Å². The molecular formula is C10H21N5O. The Morgan fingerprint density at radius 3 is 2.56 bits per heavy atom. The molecule has 1 heterocycles. The summed E-state index contributed by atoms with van der Waals surface area (Å²) in [5.74, 6) is 6.14. The van der Waals surface area contributed by atoms with E-state index >= 15 is 0 Å². The van der Waals surface area contributed by atoms with Crippen LogP contribution in [0.3, 0.4) is 0 Å². The first-order chi connectivity index (χ1) is 7.88. The predicted octanol–water partition coefficient (Wildman–Crippen LogP) is -0.415. The monoisotopic (exact) mass is 227 g/mol. The van der Waals surface area contributed by atoms with E-state index < -0.39 is 0 Å². The molecule has 0 atom stereocenters. The van der Waals surface area contributed by atoms with E-state index in [9.17, 15) is 0 Å². The number of ether oxygens (including phenoxy) is 1. The number of guanidine groups is 1. The van der Waals surface area contributed by atoms with Crippen molar-refractivity contribution in [3.05, 3.63) is 0 Å². The Bertz CT molecular complexity index is 233. The lowest BCUT2D eigenvalue weighted by Crippen LogP contribution is -2.54. The Kier molecular flexibility index (Phi) is 4.38. The second-order valence-electron chi connectivity index (χ2n) is 4.27. The van der Waals surface area contributed by atoms with Gasteiger partial charge in [0.25, 0.3) is 0 Å². The van der Waals surface area contributed by atoms with Crippen molar-refractivity contribution in [2.45, 2.75) is 31.7 Å². The SMILES string of the molecule is NNC(=NC1CCCC1)NN1CCOCC1. The molecule has 0 bridgehead atoms. The molecule has 92 valence electrons. The van der Waals surface area contributed by atoms with Gasteiger partial charge in [-0.2, -0.15) is 0 Å². The van der Waals surface area contributed by atoms with E-state index in [2.05, 4.69) is 20.9 Å². The molecule has 2 fully saturated rings. The van der Waals surface area contributed by atoms with Crippen LogP contribution in [0.15, 0.2) is 4.99 Å². The number of nitrogens with zero attached hydrogens (tertiary/aromatic N) is 2. The Morgan fingerprint density at radius 1 is 1.25 bits per heavy atom. The third kappa shape index (κ3) is 3.33. The van der Waals surface area contributed by atoms with Crippen molar-refractivity contribution in [3.8, 4) is 0 Å². The summed E-state index contributed by atoms with van der Waals surface area (Å²) in [6, 6.07) is 0.430. The Morgan fingerprint density at radius 2 is 1.94 bits per heavy atom. The van der Waals surface area contributed by atoms with E-state index in [0.717, 1.165) is 26.3 Å². The highest BCUT2D eigenvalue weighted by atomic mass is 16.5. The summed E-state index contributed by atoms with van der Waals surface area (Å²) in [5, 5.41) is 2.08. The molecular weight excluding hydrogens is 206 g/mol. The molecule has 1 aliphatic carbocycles. The van der Waals surface area contributed by atoms with Crippen LogP contribution in [-0.4, -0.2) is 43.3 Å².